The van der Waals surface area contributed by atoms with Gasteiger partial charge >= 0.3 is 0 Å². The highest BCUT2D eigenvalue weighted by molar-refractivity contribution is 7.90. The van der Waals surface area contributed by atoms with E-state index in [1.165, 1.54) is 4.40 Å². The summed E-state index contributed by atoms with van der Waals surface area (Å²) >= 11 is 0. The molecule has 4 heterocycles. The number of pyridine rings is 1. The van der Waals surface area contributed by atoms with Crippen LogP contribution in [0, 0.1) is 0 Å². The maximum atomic E-state index is 12.7. The van der Waals surface area contributed by atoms with E-state index in [-0.39, 0.29) is 17.0 Å². The van der Waals surface area contributed by atoms with Gasteiger partial charge in [0.05, 0.1) is 30.0 Å². The zero-order chi connectivity index (χ0) is 19.0. The second kappa shape index (κ2) is 6.78. The van der Waals surface area contributed by atoms with Crippen LogP contribution in [0.3, 0.4) is 0 Å². The Balaban J connectivity index is 1.58. The molecule has 10 heteroatoms. The van der Waals surface area contributed by atoms with Crippen molar-refractivity contribution < 1.29 is 17.9 Å². The van der Waals surface area contributed by atoms with Gasteiger partial charge in [-0.05, 0) is 25.0 Å². The van der Waals surface area contributed by atoms with Gasteiger partial charge in [0.2, 0.25) is 15.0 Å². The molecule has 0 spiro atoms. The molecule has 0 radical (unpaired) electrons. The quantitative estimate of drug-likeness (QED) is 0.706. The molecule has 142 valence electrons. The lowest BCUT2D eigenvalue weighted by molar-refractivity contribution is 0.0940. The van der Waals surface area contributed by atoms with Crippen molar-refractivity contribution in [1.82, 2.24) is 19.2 Å². The number of carbonyl (C=O) groups excluding carboxylic acids is 1. The summed E-state index contributed by atoms with van der Waals surface area (Å²) in [5, 5.41) is 6.79. The molecule has 0 saturated carbocycles. The maximum Gasteiger partial charge on any atom is 0.276 e. The molecule has 1 aliphatic rings. The number of amides is 1. The van der Waals surface area contributed by atoms with Crippen LogP contribution in [0.1, 0.15) is 23.3 Å². The third kappa shape index (κ3) is 3.58. The Labute approximate surface area is 155 Å². The van der Waals surface area contributed by atoms with Crippen LogP contribution in [0.25, 0.3) is 5.52 Å². The minimum absolute atomic E-state index is 0.0444. The van der Waals surface area contributed by atoms with Crippen LogP contribution >= 0.6 is 0 Å². The summed E-state index contributed by atoms with van der Waals surface area (Å²) in [5.41, 5.74) is 0.973. The number of hydrogen-bond acceptors (Lipinski definition) is 6. The Morgan fingerprint density at radius 2 is 2.26 bits per heavy atom. The van der Waals surface area contributed by atoms with Crippen molar-refractivity contribution in [3.8, 4) is 0 Å². The summed E-state index contributed by atoms with van der Waals surface area (Å²) in [6.45, 7) is 1.40. The maximum absolute atomic E-state index is 12.7. The average Bonchev–Trinajstić information content (AvgIpc) is 3.34. The third-order valence-corrected chi connectivity index (χ3v) is 5.32. The molecule has 27 heavy (non-hydrogen) atoms. The first-order chi connectivity index (χ1) is 12.9. The minimum Gasteiger partial charge on any atom is -0.376 e. The van der Waals surface area contributed by atoms with Crippen LogP contribution in [0.4, 0.5) is 5.69 Å². The molecule has 1 unspecified atom stereocenters. The van der Waals surface area contributed by atoms with Gasteiger partial charge < -0.3 is 10.1 Å². The summed E-state index contributed by atoms with van der Waals surface area (Å²) in [6.07, 6.45) is 8.07. The van der Waals surface area contributed by atoms with Crippen molar-refractivity contribution in [3.63, 3.8) is 0 Å². The van der Waals surface area contributed by atoms with Crippen molar-refractivity contribution in [2.75, 3.05) is 18.2 Å². The van der Waals surface area contributed by atoms with E-state index in [0.717, 1.165) is 25.7 Å². The molecule has 9 nitrogen and oxygen atoms in total. The molecular formula is C17H19N5O4S. The van der Waals surface area contributed by atoms with E-state index in [2.05, 4.69) is 15.4 Å². The van der Waals surface area contributed by atoms with Gasteiger partial charge in [0.1, 0.15) is 0 Å². The van der Waals surface area contributed by atoms with Gasteiger partial charge in [-0.2, -0.15) is 5.10 Å². The highest BCUT2D eigenvalue weighted by atomic mass is 32.2. The van der Waals surface area contributed by atoms with E-state index >= 15 is 0 Å². The minimum atomic E-state index is -3.58. The van der Waals surface area contributed by atoms with Gasteiger partial charge in [-0.1, -0.05) is 6.07 Å². The Bertz CT molecular complexity index is 1100. The number of rotatable bonds is 5. The van der Waals surface area contributed by atoms with Gasteiger partial charge in [-0.15, -0.1) is 0 Å². The zero-order valence-electron chi connectivity index (χ0n) is 14.7. The Morgan fingerprint density at radius 3 is 3.00 bits per heavy atom. The molecular weight excluding hydrogens is 370 g/mol. The first-order valence-electron chi connectivity index (χ1n) is 8.54. The molecule has 3 aromatic rings. The van der Waals surface area contributed by atoms with Crippen LogP contribution < -0.4 is 5.32 Å². The second-order valence-electron chi connectivity index (χ2n) is 6.51. The lowest BCUT2D eigenvalue weighted by Crippen LogP contribution is -2.15. The molecule has 0 aromatic carbocycles. The molecule has 1 aliphatic heterocycles. The average molecular weight is 389 g/mol. The van der Waals surface area contributed by atoms with Crippen LogP contribution in [-0.2, 0) is 21.1 Å². The zero-order valence-corrected chi connectivity index (χ0v) is 15.5. The van der Waals surface area contributed by atoms with Crippen molar-refractivity contribution in [2.45, 2.75) is 30.6 Å². The van der Waals surface area contributed by atoms with Gasteiger partial charge in [-0.25, -0.2) is 13.4 Å². The molecule has 4 rings (SSSR count). The van der Waals surface area contributed by atoms with E-state index in [1.807, 2.05) is 0 Å². The first-order valence-corrected chi connectivity index (χ1v) is 10.4. The molecule has 1 N–H and O–H groups in total. The number of anilines is 1. The summed E-state index contributed by atoms with van der Waals surface area (Å²) in [7, 11) is -3.58. The number of hydrogen-bond donors (Lipinski definition) is 1. The lowest BCUT2D eigenvalue weighted by Gasteiger charge is -2.08. The van der Waals surface area contributed by atoms with Crippen LogP contribution in [0.2, 0.25) is 0 Å². The molecule has 0 bridgehead atoms. The molecule has 0 aliphatic carbocycles. The predicted octanol–water partition coefficient (Wildman–Crippen LogP) is 1.37. The van der Waals surface area contributed by atoms with Crippen molar-refractivity contribution in [3.05, 3.63) is 42.5 Å². The van der Waals surface area contributed by atoms with E-state index < -0.39 is 15.7 Å². The normalized spacial score (nSPS) is 17.4. The molecule has 1 saturated heterocycles. The lowest BCUT2D eigenvalue weighted by atomic mass is 10.2. The number of sulfone groups is 1. The highest BCUT2D eigenvalue weighted by Gasteiger charge is 2.23. The summed E-state index contributed by atoms with van der Waals surface area (Å²) in [6, 6.07) is 5.05. The first kappa shape index (κ1) is 17.7. The van der Waals surface area contributed by atoms with E-state index in [4.69, 9.17) is 4.74 Å². The largest absolute Gasteiger partial charge is 0.376 e. The van der Waals surface area contributed by atoms with Crippen molar-refractivity contribution >= 4 is 26.9 Å². The van der Waals surface area contributed by atoms with Gasteiger partial charge in [-0.3, -0.25) is 13.9 Å². The monoisotopic (exact) mass is 389 g/mol. The fourth-order valence-electron chi connectivity index (χ4n) is 3.15. The fraction of sp³-hybridized carbons (Fsp3) is 0.353. The van der Waals surface area contributed by atoms with Crippen molar-refractivity contribution in [1.29, 1.82) is 0 Å². The highest BCUT2D eigenvalue weighted by Crippen LogP contribution is 2.19. The molecule has 1 amide bonds. The van der Waals surface area contributed by atoms with Crippen LogP contribution in [0.15, 0.2) is 41.9 Å². The third-order valence-electron chi connectivity index (χ3n) is 4.37. The van der Waals surface area contributed by atoms with Crippen LogP contribution in [0.5, 0.6) is 0 Å². The Morgan fingerprint density at radius 1 is 1.41 bits per heavy atom. The number of fused-ring (bicyclic) bond motifs is 1. The summed E-state index contributed by atoms with van der Waals surface area (Å²) in [4.78, 5) is 16.7. The van der Waals surface area contributed by atoms with E-state index in [1.54, 1.807) is 41.5 Å². The standard InChI is InChI=1S/C17H19N5O4S/c1-27(24,25)17-20-15(14-6-2-3-7-22(14)17)16(23)19-12-9-18-21(10-12)11-13-5-4-8-26-13/h2-3,6-7,9-10,13H,4-5,8,11H2,1H3,(H,19,23). The van der Waals surface area contributed by atoms with E-state index in [9.17, 15) is 13.2 Å². The number of imidazole rings is 1. The Hall–Kier alpha value is -2.72. The predicted molar refractivity (Wildman–Crippen MR) is 97.5 cm³/mol. The summed E-state index contributed by atoms with van der Waals surface area (Å²) < 4.78 is 32.6. The van der Waals surface area contributed by atoms with Gasteiger partial charge in [0, 0.05) is 25.3 Å². The number of ether oxygens (including phenoxy) is 1. The number of nitrogens with one attached hydrogen (secondary N) is 1. The SMILES string of the molecule is CS(=O)(=O)c1nc(C(=O)Nc2cnn(CC3CCCO3)c2)c2ccccn12. The molecule has 1 fully saturated rings. The van der Waals surface area contributed by atoms with Gasteiger partial charge in [0.15, 0.2) is 5.69 Å². The van der Waals surface area contributed by atoms with E-state index in [0.29, 0.717) is 17.7 Å². The number of nitrogens with zero attached hydrogens (tertiary/aromatic N) is 4. The van der Waals surface area contributed by atoms with Gasteiger partial charge in [0.25, 0.3) is 5.91 Å². The number of aromatic nitrogens is 4. The molecule has 1 atom stereocenters. The van der Waals surface area contributed by atoms with Crippen molar-refractivity contribution in [2.24, 2.45) is 0 Å². The topological polar surface area (TPSA) is 108 Å². The second-order valence-corrected chi connectivity index (χ2v) is 8.42. The van der Waals surface area contributed by atoms with Crippen LogP contribution in [-0.4, -0.2) is 52.5 Å². The summed E-state index contributed by atoms with van der Waals surface area (Å²) in [5.74, 6) is -0.495. The fourth-order valence-corrected chi connectivity index (χ4v) is 3.93. The Kier molecular flexibility index (Phi) is 4.44. The smallest absolute Gasteiger partial charge is 0.276 e. The number of carbonyl (C=O) groups is 1. The molecule has 3 aromatic heterocycles.